The number of aliphatic hydroxyl groups excluding tert-OH is 1. The molecule has 2 aromatic rings. The molecule has 152 valence electrons. The molecular weight excluding hydrogens is 388 g/mol. The molecule has 0 aliphatic carbocycles. The van der Waals surface area contributed by atoms with E-state index in [4.69, 9.17) is 5.11 Å². The van der Waals surface area contributed by atoms with E-state index in [2.05, 4.69) is 26.7 Å². The summed E-state index contributed by atoms with van der Waals surface area (Å²) in [6.45, 7) is 3.93. The minimum atomic E-state index is -3.30. The van der Waals surface area contributed by atoms with Crippen molar-refractivity contribution in [1.29, 1.82) is 0 Å². The molecule has 0 bridgehead atoms. The van der Waals surface area contributed by atoms with E-state index in [1.165, 1.54) is 0 Å². The van der Waals surface area contributed by atoms with E-state index in [1.807, 2.05) is 25.4 Å². The predicted octanol–water partition coefficient (Wildman–Crippen LogP) is 2.10. The summed E-state index contributed by atoms with van der Waals surface area (Å²) in [6, 6.07) is 9.03. The van der Waals surface area contributed by atoms with Crippen molar-refractivity contribution in [2.75, 3.05) is 24.2 Å². The van der Waals surface area contributed by atoms with Gasteiger partial charge in [0.1, 0.15) is 11.7 Å². The Hall–Kier alpha value is -2.71. The number of hydrogen-bond donors (Lipinski definition) is 3. The molecule has 0 fully saturated rings. The first-order valence-electron chi connectivity index (χ1n) is 9.62. The predicted molar refractivity (Wildman–Crippen MR) is 114 cm³/mol. The van der Waals surface area contributed by atoms with Crippen molar-refractivity contribution in [3.05, 3.63) is 59.4 Å². The van der Waals surface area contributed by atoms with Crippen molar-refractivity contribution in [3.8, 4) is 0 Å². The van der Waals surface area contributed by atoms with Crippen LogP contribution in [0.5, 0.6) is 0 Å². The molecule has 0 spiro atoms. The standard InChI is InChI=1S/C21H24N4O3S/c1-3-29(27,28)15-6-4-5-14(10-15)17-12-24-21(22-7-8-26)19-18(17)16-9-13(2)11-23-20(16)25-19/h4-6,9-12,18-19,26H,3,7-8H2,1-2H3,(H,22,24)(H,23,25). The van der Waals surface area contributed by atoms with Gasteiger partial charge < -0.3 is 15.7 Å². The Bertz CT molecular complexity index is 1110. The number of anilines is 1. The lowest BCUT2D eigenvalue weighted by Crippen LogP contribution is -2.42. The number of rotatable bonds is 5. The fourth-order valence-corrected chi connectivity index (χ4v) is 4.80. The fourth-order valence-electron chi connectivity index (χ4n) is 3.88. The summed E-state index contributed by atoms with van der Waals surface area (Å²) in [5.74, 6) is 1.54. The van der Waals surface area contributed by atoms with Crippen molar-refractivity contribution in [3.63, 3.8) is 0 Å². The molecule has 0 amide bonds. The number of hydrogen-bond acceptors (Lipinski definition) is 6. The van der Waals surface area contributed by atoms with Gasteiger partial charge in [-0.25, -0.2) is 13.4 Å². The highest BCUT2D eigenvalue weighted by molar-refractivity contribution is 7.91. The van der Waals surface area contributed by atoms with Crippen LogP contribution in [0.4, 0.5) is 5.82 Å². The number of nitrogens with zero attached hydrogens (tertiary/aromatic N) is 2. The number of pyridine rings is 1. The van der Waals surface area contributed by atoms with Gasteiger partial charge >= 0.3 is 0 Å². The van der Waals surface area contributed by atoms with Crippen molar-refractivity contribution in [2.45, 2.75) is 30.7 Å². The molecule has 0 saturated heterocycles. The molecule has 7 nitrogen and oxygen atoms in total. The van der Waals surface area contributed by atoms with Crippen LogP contribution in [0.25, 0.3) is 5.57 Å². The van der Waals surface area contributed by atoms with E-state index in [1.54, 1.807) is 25.1 Å². The van der Waals surface area contributed by atoms with Gasteiger partial charge in [-0.1, -0.05) is 25.1 Å². The highest BCUT2D eigenvalue weighted by Gasteiger charge is 2.41. The van der Waals surface area contributed by atoms with E-state index >= 15 is 0 Å². The van der Waals surface area contributed by atoms with Gasteiger partial charge in [0.05, 0.1) is 29.8 Å². The quantitative estimate of drug-likeness (QED) is 0.695. The number of benzene rings is 1. The maximum atomic E-state index is 12.4. The monoisotopic (exact) mass is 412 g/mol. The summed E-state index contributed by atoms with van der Waals surface area (Å²) >= 11 is 0. The molecule has 29 heavy (non-hydrogen) atoms. The van der Waals surface area contributed by atoms with Gasteiger partial charge in [-0.3, -0.25) is 4.99 Å². The van der Waals surface area contributed by atoms with Crippen LogP contribution in [0.2, 0.25) is 0 Å². The van der Waals surface area contributed by atoms with E-state index in [0.717, 1.165) is 33.9 Å². The molecular formula is C21H24N4O3S. The minimum Gasteiger partial charge on any atom is -0.394 e. The molecule has 0 saturated carbocycles. The molecule has 1 aromatic heterocycles. The van der Waals surface area contributed by atoms with Crippen LogP contribution in [-0.4, -0.2) is 49.3 Å². The Balaban J connectivity index is 1.83. The Labute approximate surface area is 170 Å². The summed E-state index contributed by atoms with van der Waals surface area (Å²) in [7, 11) is -3.30. The Morgan fingerprint density at radius 2 is 2.10 bits per heavy atom. The second-order valence-corrected chi connectivity index (χ2v) is 9.49. The zero-order valence-corrected chi connectivity index (χ0v) is 17.2. The summed E-state index contributed by atoms with van der Waals surface area (Å²) in [5, 5.41) is 15.8. The third-order valence-corrected chi connectivity index (χ3v) is 7.04. The summed E-state index contributed by atoms with van der Waals surface area (Å²) in [5.41, 5.74) is 3.94. The topological polar surface area (TPSA) is 104 Å². The zero-order chi connectivity index (χ0) is 20.6. The molecule has 2 unspecified atom stereocenters. The van der Waals surface area contributed by atoms with E-state index in [9.17, 15) is 8.42 Å². The van der Waals surface area contributed by atoms with Crippen LogP contribution in [0.3, 0.4) is 0 Å². The summed E-state index contributed by atoms with van der Waals surface area (Å²) in [4.78, 5) is 9.32. The van der Waals surface area contributed by atoms with Crippen LogP contribution in [0, 0.1) is 6.92 Å². The van der Waals surface area contributed by atoms with Crippen LogP contribution < -0.4 is 10.6 Å². The van der Waals surface area contributed by atoms with Gasteiger partial charge in [-0.2, -0.15) is 0 Å². The van der Waals surface area contributed by atoms with Gasteiger partial charge in [-0.05, 0) is 35.8 Å². The van der Waals surface area contributed by atoms with Crippen molar-refractivity contribution >= 4 is 27.1 Å². The number of aliphatic hydroxyl groups is 1. The van der Waals surface area contributed by atoms with Crippen LogP contribution in [-0.2, 0) is 9.84 Å². The molecule has 4 rings (SSSR count). The second kappa shape index (κ2) is 7.61. The number of sulfone groups is 1. The molecule has 2 aliphatic heterocycles. The largest absolute Gasteiger partial charge is 0.394 e. The number of aliphatic imine (C=N–C) groups is 1. The number of amidine groups is 1. The van der Waals surface area contributed by atoms with Crippen molar-refractivity contribution in [1.82, 2.24) is 10.3 Å². The lowest BCUT2D eigenvalue weighted by molar-refractivity contribution is 0.306. The van der Waals surface area contributed by atoms with Gasteiger partial charge in [0.2, 0.25) is 0 Å². The van der Waals surface area contributed by atoms with Crippen LogP contribution in [0.15, 0.2) is 52.6 Å². The van der Waals surface area contributed by atoms with Gasteiger partial charge in [0.15, 0.2) is 9.84 Å². The average molecular weight is 413 g/mol. The molecule has 0 radical (unpaired) electrons. The third kappa shape index (κ3) is 3.54. The molecule has 2 aliphatic rings. The van der Waals surface area contributed by atoms with Gasteiger partial charge in [0, 0.05) is 23.9 Å². The highest BCUT2D eigenvalue weighted by atomic mass is 32.2. The maximum Gasteiger partial charge on any atom is 0.178 e. The number of aryl methyl sites for hydroxylation is 1. The van der Waals surface area contributed by atoms with Crippen molar-refractivity contribution < 1.29 is 13.5 Å². The Morgan fingerprint density at radius 3 is 2.86 bits per heavy atom. The zero-order valence-electron chi connectivity index (χ0n) is 16.4. The first-order valence-corrected chi connectivity index (χ1v) is 11.3. The summed E-state index contributed by atoms with van der Waals surface area (Å²) < 4.78 is 24.8. The SMILES string of the molecule is CCS(=O)(=O)c1cccc(C2=CNC(=NCCO)C3Nc4ncc(C)cc4C23)c1. The molecule has 3 heterocycles. The fraction of sp³-hybridized carbons (Fsp3) is 0.333. The maximum absolute atomic E-state index is 12.4. The Kier molecular flexibility index (Phi) is 5.14. The number of nitrogens with one attached hydrogen (secondary N) is 2. The van der Waals surface area contributed by atoms with Crippen LogP contribution in [0.1, 0.15) is 29.5 Å². The molecule has 1 aromatic carbocycles. The smallest absolute Gasteiger partial charge is 0.178 e. The minimum absolute atomic E-state index is 0.0274. The normalized spacial score (nSPS) is 21.8. The van der Waals surface area contributed by atoms with Gasteiger partial charge in [0.25, 0.3) is 0 Å². The first-order chi connectivity index (χ1) is 13.9. The lowest BCUT2D eigenvalue weighted by atomic mass is 9.82. The second-order valence-electron chi connectivity index (χ2n) is 7.22. The first kappa shape index (κ1) is 19.6. The average Bonchev–Trinajstić information content (AvgIpc) is 3.11. The van der Waals surface area contributed by atoms with E-state index in [0.29, 0.717) is 11.4 Å². The Morgan fingerprint density at radius 1 is 1.28 bits per heavy atom. The molecule has 2 atom stereocenters. The molecule has 3 N–H and O–H groups in total. The number of fused-ring (bicyclic) bond motifs is 3. The third-order valence-electron chi connectivity index (χ3n) is 5.31. The number of aromatic nitrogens is 1. The lowest BCUT2D eigenvalue weighted by Gasteiger charge is -2.30. The van der Waals surface area contributed by atoms with E-state index in [-0.39, 0.29) is 24.3 Å². The highest BCUT2D eigenvalue weighted by Crippen LogP contribution is 2.45. The molecule has 8 heteroatoms. The van der Waals surface area contributed by atoms with Crippen LogP contribution >= 0.6 is 0 Å². The van der Waals surface area contributed by atoms with Gasteiger partial charge in [-0.15, -0.1) is 0 Å². The van der Waals surface area contributed by atoms with Crippen molar-refractivity contribution in [2.24, 2.45) is 4.99 Å². The summed E-state index contributed by atoms with van der Waals surface area (Å²) in [6.07, 6.45) is 3.70. The van der Waals surface area contributed by atoms with E-state index < -0.39 is 9.84 Å².